The molecule has 1 unspecified atom stereocenters. The highest BCUT2D eigenvalue weighted by Gasteiger charge is 2.34. The summed E-state index contributed by atoms with van der Waals surface area (Å²) in [5.41, 5.74) is 6.58. The average molecular weight is 225 g/mol. The number of nitrogen functional groups attached to an aromatic ring is 1. The van der Waals surface area contributed by atoms with E-state index in [1.807, 2.05) is 0 Å². The molecule has 0 spiro atoms. The van der Waals surface area contributed by atoms with Gasteiger partial charge in [0.15, 0.2) is 0 Å². The van der Waals surface area contributed by atoms with Gasteiger partial charge in [-0.2, -0.15) is 5.26 Å². The van der Waals surface area contributed by atoms with Gasteiger partial charge in [-0.05, 0) is 30.5 Å². The highest BCUT2D eigenvalue weighted by molar-refractivity contribution is 6.31. The summed E-state index contributed by atoms with van der Waals surface area (Å²) < 4.78 is 13.3. The molecule has 0 aliphatic heterocycles. The minimum atomic E-state index is -0.504. The lowest BCUT2D eigenvalue weighted by atomic mass is 9.71. The zero-order valence-corrected chi connectivity index (χ0v) is 8.76. The van der Waals surface area contributed by atoms with E-state index in [9.17, 15) is 4.39 Å². The number of benzene rings is 1. The van der Waals surface area contributed by atoms with Crippen molar-refractivity contribution < 1.29 is 4.39 Å². The van der Waals surface area contributed by atoms with Crippen LogP contribution in [-0.4, -0.2) is 0 Å². The molecule has 2 N–H and O–H groups in total. The van der Waals surface area contributed by atoms with Crippen molar-refractivity contribution in [3.63, 3.8) is 0 Å². The fourth-order valence-electron chi connectivity index (χ4n) is 1.93. The van der Waals surface area contributed by atoms with E-state index in [0.29, 0.717) is 11.3 Å². The molecule has 2 rings (SSSR count). The van der Waals surface area contributed by atoms with Crippen LogP contribution in [0.3, 0.4) is 0 Å². The highest BCUT2D eigenvalue weighted by atomic mass is 35.5. The van der Waals surface area contributed by atoms with Gasteiger partial charge >= 0.3 is 0 Å². The molecule has 0 bridgehead atoms. The quantitative estimate of drug-likeness (QED) is 0.746. The summed E-state index contributed by atoms with van der Waals surface area (Å²) >= 11 is 5.86. The van der Waals surface area contributed by atoms with Crippen molar-refractivity contribution in [1.82, 2.24) is 0 Å². The van der Waals surface area contributed by atoms with E-state index in [0.717, 1.165) is 12.8 Å². The molecule has 78 valence electrons. The maximum atomic E-state index is 13.3. The number of nitrogens with zero attached hydrogens (tertiary/aromatic N) is 1. The maximum absolute atomic E-state index is 13.3. The van der Waals surface area contributed by atoms with Gasteiger partial charge in [0.2, 0.25) is 0 Å². The van der Waals surface area contributed by atoms with E-state index >= 15 is 0 Å². The molecule has 2 atom stereocenters. The molecule has 0 amide bonds. The molecule has 1 aliphatic carbocycles. The summed E-state index contributed by atoms with van der Waals surface area (Å²) in [7, 11) is 0. The lowest BCUT2D eigenvalue weighted by Gasteiger charge is -2.32. The molecule has 0 aromatic heterocycles. The Bertz CT molecular complexity index is 439. The van der Waals surface area contributed by atoms with Crippen LogP contribution in [0.1, 0.15) is 24.3 Å². The topological polar surface area (TPSA) is 49.8 Å². The Morgan fingerprint density at radius 1 is 1.47 bits per heavy atom. The Balaban J connectivity index is 2.40. The Kier molecular flexibility index (Phi) is 2.54. The van der Waals surface area contributed by atoms with Gasteiger partial charge < -0.3 is 5.73 Å². The summed E-state index contributed by atoms with van der Waals surface area (Å²) in [6, 6.07) is 5.06. The molecular formula is C11H10ClFN2. The first-order valence-corrected chi connectivity index (χ1v) is 5.15. The monoisotopic (exact) mass is 224 g/mol. The van der Waals surface area contributed by atoms with Crippen molar-refractivity contribution >= 4 is 17.3 Å². The van der Waals surface area contributed by atoms with Crippen molar-refractivity contribution in [2.75, 3.05) is 5.73 Å². The predicted octanol–water partition coefficient (Wildman–Crippen LogP) is 3.08. The van der Waals surface area contributed by atoms with Crippen LogP contribution >= 0.6 is 11.6 Å². The fraction of sp³-hybridized carbons (Fsp3) is 0.364. The largest absolute Gasteiger partial charge is 0.399 e. The second-order valence-electron chi connectivity index (χ2n) is 3.83. The Morgan fingerprint density at radius 3 is 2.73 bits per heavy atom. The minimum absolute atomic E-state index is 0.0421. The summed E-state index contributed by atoms with van der Waals surface area (Å²) in [5, 5.41) is 8.93. The minimum Gasteiger partial charge on any atom is -0.399 e. The number of hydrogen-bond acceptors (Lipinski definition) is 2. The van der Waals surface area contributed by atoms with Crippen molar-refractivity contribution in [3.05, 3.63) is 28.5 Å². The highest BCUT2D eigenvalue weighted by Crippen LogP contribution is 2.45. The zero-order chi connectivity index (χ0) is 11.0. The molecule has 1 aromatic rings. The van der Waals surface area contributed by atoms with E-state index in [1.54, 1.807) is 6.07 Å². The molecule has 1 fully saturated rings. The number of halogens is 2. The first-order chi connectivity index (χ1) is 7.13. The molecular weight excluding hydrogens is 215 g/mol. The van der Waals surface area contributed by atoms with Crippen LogP contribution in [0.4, 0.5) is 10.1 Å². The van der Waals surface area contributed by atoms with E-state index in [-0.39, 0.29) is 16.9 Å². The lowest BCUT2D eigenvalue weighted by Crippen LogP contribution is -2.22. The van der Waals surface area contributed by atoms with E-state index in [2.05, 4.69) is 6.07 Å². The molecule has 1 saturated carbocycles. The number of rotatable bonds is 1. The van der Waals surface area contributed by atoms with E-state index in [4.69, 9.17) is 22.6 Å². The van der Waals surface area contributed by atoms with Gasteiger partial charge in [-0.3, -0.25) is 0 Å². The van der Waals surface area contributed by atoms with E-state index < -0.39 is 5.82 Å². The fourth-order valence-corrected chi connectivity index (χ4v) is 2.18. The van der Waals surface area contributed by atoms with Crippen LogP contribution in [0.2, 0.25) is 5.02 Å². The summed E-state index contributed by atoms with van der Waals surface area (Å²) in [5.74, 6) is -0.514. The molecule has 4 heteroatoms. The molecule has 1 aromatic carbocycles. The molecule has 0 saturated heterocycles. The van der Waals surface area contributed by atoms with Gasteiger partial charge in [0.05, 0.1) is 17.0 Å². The van der Waals surface area contributed by atoms with Gasteiger partial charge in [0.25, 0.3) is 0 Å². The van der Waals surface area contributed by atoms with Crippen LogP contribution in [0.25, 0.3) is 0 Å². The third kappa shape index (κ3) is 1.66. The lowest BCUT2D eigenvalue weighted by molar-refractivity contribution is 0.324. The van der Waals surface area contributed by atoms with Gasteiger partial charge in [-0.15, -0.1) is 0 Å². The van der Waals surface area contributed by atoms with Gasteiger partial charge in [0, 0.05) is 11.6 Å². The van der Waals surface area contributed by atoms with Gasteiger partial charge in [-0.25, -0.2) is 4.39 Å². The second kappa shape index (κ2) is 3.71. The summed E-state index contributed by atoms with van der Waals surface area (Å²) in [4.78, 5) is 0. The van der Waals surface area contributed by atoms with Crippen molar-refractivity contribution in [2.45, 2.75) is 18.8 Å². The van der Waals surface area contributed by atoms with Crippen LogP contribution < -0.4 is 5.73 Å². The first kappa shape index (κ1) is 10.3. The summed E-state index contributed by atoms with van der Waals surface area (Å²) in [6.07, 6.45) is 1.73. The number of nitrogens with two attached hydrogens (primary N) is 1. The number of anilines is 1. The molecule has 0 heterocycles. The first-order valence-electron chi connectivity index (χ1n) is 4.77. The van der Waals surface area contributed by atoms with Gasteiger partial charge in [0.1, 0.15) is 5.82 Å². The Labute approximate surface area is 92.5 Å². The average Bonchev–Trinajstić information content (AvgIpc) is 2.12. The van der Waals surface area contributed by atoms with Crippen LogP contribution in [0.15, 0.2) is 12.1 Å². The van der Waals surface area contributed by atoms with Crippen LogP contribution in [0.5, 0.6) is 0 Å². The van der Waals surface area contributed by atoms with Crippen molar-refractivity contribution in [2.24, 2.45) is 5.92 Å². The molecule has 1 aliphatic rings. The molecule has 0 radical (unpaired) electrons. The van der Waals surface area contributed by atoms with Crippen LogP contribution in [0, 0.1) is 23.1 Å². The summed E-state index contributed by atoms with van der Waals surface area (Å²) in [6.45, 7) is 0. The van der Waals surface area contributed by atoms with Crippen LogP contribution in [-0.2, 0) is 0 Å². The standard InChI is InChI=1S/C11H10ClFN2/c12-11-9(3-7(15)4-10(11)13)8-2-1-6(8)5-14/h3-4,6,8H,1-2,15H2/t6-,8?/m1/s1. The normalized spacial score (nSPS) is 24.3. The maximum Gasteiger partial charge on any atom is 0.144 e. The SMILES string of the molecule is N#C[C@H]1CCC1c1cc(N)cc(F)c1Cl. The molecule has 15 heavy (non-hydrogen) atoms. The number of hydrogen-bond donors (Lipinski definition) is 1. The Hall–Kier alpha value is -1.27. The van der Waals surface area contributed by atoms with Gasteiger partial charge in [-0.1, -0.05) is 11.6 Å². The second-order valence-corrected chi connectivity index (χ2v) is 4.20. The van der Waals surface area contributed by atoms with Crippen molar-refractivity contribution in [3.8, 4) is 6.07 Å². The third-order valence-electron chi connectivity index (χ3n) is 2.92. The third-order valence-corrected chi connectivity index (χ3v) is 3.32. The smallest absolute Gasteiger partial charge is 0.144 e. The van der Waals surface area contributed by atoms with E-state index in [1.165, 1.54) is 6.07 Å². The predicted molar refractivity (Wildman–Crippen MR) is 56.9 cm³/mol. The molecule has 2 nitrogen and oxygen atoms in total. The number of nitriles is 1. The Morgan fingerprint density at radius 2 is 2.20 bits per heavy atom. The van der Waals surface area contributed by atoms with Crippen molar-refractivity contribution in [1.29, 1.82) is 5.26 Å². The zero-order valence-electron chi connectivity index (χ0n) is 8.00.